The fourth-order valence-electron chi connectivity index (χ4n) is 3.10. The molecule has 0 aliphatic carbocycles. The van der Waals surface area contributed by atoms with Crippen molar-refractivity contribution in [1.29, 1.82) is 0 Å². The molecule has 0 fully saturated rings. The van der Waals surface area contributed by atoms with Gasteiger partial charge in [0.05, 0.1) is 0 Å². The van der Waals surface area contributed by atoms with Crippen LogP contribution >= 0.6 is 130 Å². The van der Waals surface area contributed by atoms with Gasteiger partial charge in [-0.25, -0.2) is 30.1 Å². The van der Waals surface area contributed by atoms with Crippen LogP contribution in [0.5, 0.6) is 0 Å². The van der Waals surface area contributed by atoms with Gasteiger partial charge < -0.3 is 0 Å². The van der Waals surface area contributed by atoms with Gasteiger partial charge in [-0.1, -0.05) is 39.8 Å². The van der Waals surface area contributed by atoms with E-state index < -0.39 is 17.4 Å². The Morgan fingerprint density at radius 3 is 0.771 bits per heavy atom. The molecule has 0 spiro atoms. The van der Waals surface area contributed by atoms with Crippen LogP contribution in [0.1, 0.15) is 61.2 Å². The molecule has 0 bridgehead atoms. The summed E-state index contributed by atoms with van der Waals surface area (Å²) >= 11 is 20.3. The van der Waals surface area contributed by atoms with E-state index in [-0.39, 0.29) is 4.92 Å². The third kappa shape index (κ3) is 21.3. The topological polar surface area (TPSA) is 0 Å². The average Bonchev–Trinajstić information content (AvgIpc) is 2.71. The second-order valence-corrected chi connectivity index (χ2v) is 54.6. The van der Waals surface area contributed by atoms with Crippen molar-refractivity contribution >= 4 is 141 Å². The van der Waals surface area contributed by atoms with Crippen molar-refractivity contribution in [2.75, 3.05) is 0 Å². The van der Waals surface area contributed by atoms with Gasteiger partial charge in [0.1, 0.15) is 0 Å². The van der Waals surface area contributed by atoms with Gasteiger partial charge in [-0.15, -0.1) is 0 Å². The van der Waals surface area contributed by atoms with Gasteiger partial charge in [0.2, 0.25) is 0 Å². The quantitative estimate of drug-likeness (QED) is 0.140. The molecule has 202 valence electrons. The Kier molecular flexibility index (Phi) is 29.1. The SMILES string of the molecule is Cc1c(C)c(C)c(C)c(C)c1C.Cc1cc(C)c(C)c(C)c1C.ClP(Cl)Cl.[Cl][Al]([Cl])[Cl].[I][V]([I])[I]. The summed E-state index contributed by atoms with van der Waals surface area (Å²) in [5.41, 5.74) is 15.9. The van der Waals surface area contributed by atoms with Crippen LogP contribution in [0.15, 0.2) is 6.07 Å². The zero-order valence-electron chi connectivity index (χ0n) is 22.0. The van der Waals surface area contributed by atoms with E-state index in [4.69, 9.17) is 63.9 Å². The molecule has 0 saturated carbocycles. The molecule has 0 aromatic heterocycles. The van der Waals surface area contributed by atoms with E-state index in [1.807, 2.05) is 0 Å². The Bertz CT molecular complexity index is 762. The maximum absolute atomic E-state index is 4.94. The molecule has 0 amide bonds. The molecular weight excluding hydrogens is 979 g/mol. The minimum absolute atomic E-state index is 0.278. The predicted octanol–water partition coefficient (Wildman–Crippen LogP) is 14.0. The van der Waals surface area contributed by atoms with Crippen molar-refractivity contribution in [2.24, 2.45) is 0 Å². The normalized spacial score (nSPS) is 9.66. The molecule has 0 aliphatic heterocycles. The van der Waals surface area contributed by atoms with Crippen molar-refractivity contribution in [1.82, 2.24) is 0 Å². The molecule has 0 atom stereocenters. The van der Waals surface area contributed by atoms with Gasteiger partial charge in [0.25, 0.3) is 0 Å². The van der Waals surface area contributed by atoms with E-state index in [9.17, 15) is 0 Å². The Hall–Kier alpha value is 3.92. The van der Waals surface area contributed by atoms with Crippen LogP contribution < -0.4 is 0 Å². The fraction of sp³-hybridized carbons (Fsp3) is 0.478. The van der Waals surface area contributed by atoms with E-state index in [1.165, 1.54) is 61.2 Å². The summed E-state index contributed by atoms with van der Waals surface area (Å²) in [5.74, 6) is -1.20. The van der Waals surface area contributed by atoms with Gasteiger partial charge in [0, 0.05) is 0 Å². The van der Waals surface area contributed by atoms with Gasteiger partial charge in [-0.05, 0) is 137 Å². The molecule has 2 aromatic rings. The van der Waals surface area contributed by atoms with E-state index >= 15 is 0 Å². The number of hydrogen-bond acceptors (Lipinski definition) is 0. The number of benzene rings is 2. The first-order chi connectivity index (χ1) is 15.7. The summed E-state index contributed by atoms with van der Waals surface area (Å²) in [6.07, 6.45) is 0. The Morgan fingerprint density at radius 1 is 0.514 bits per heavy atom. The standard InChI is InChI=1S/C12H18.C11H16.Al.Cl3P.3ClH.3HI.V/c1-7-8(2)10(4)12(6)11(5)9(7)3;1-7-6-8(2)10(4)11(5)9(7)3;;1-4(2)3;;;;;;;/h1-6H3;6H,1-5H3;;;6*1H;/q;;+3;;;;;;;;+3/p-6. The summed E-state index contributed by atoms with van der Waals surface area (Å²) in [6, 6.07) is 2.26. The molecule has 0 unspecified atom stereocenters. The van der Waals surface area contributed by atoms with Crippen molar-refractivity contribution in [2.45, 2.75) is 76.2 Å². The molecule has 0 heterocycles. The van der Waals surface area contributed by atoms with Crippen LogP contribution in [0.3, 0.4) is 0 Å². The summed E-state index contributed by atoms with van der Waals surface area (Å²) in [6.45, 7) is 24.2. The maximum atomic E-state index is 4.94. The van der Waals surface area contributed by atoms with Crippen LogP contribution in [0.25, 0.3) is 0 Å². The monoisotopic (exact) mass is 1010 g/mol. The van der Waals surface area contributed by atoms with Gasteiger partial charge in [0.15, 0.2) is 5.98 Å². The molecule has 12 heteroatoms. The molecule has 2 rings (SSSR count). The Labute approximate surface area is 284 Å². The minimum atomic E-state index is -1.72. The van der Waals surface area contributed by atoms with Crippen LogP contribution in [0.2, 0.25) is 0 Å². The fourth-order valence-corrected chi connectivity index (χ4v) is 3.10. The van der Waals surface area contributed by atoms with Crippen molar-refractivity contribution < 1.29 is 4.92 Å². The molecular formula is C23H34AlCl6I3PV. The number of halogens is 9. The average molecular weight is 1010 g/mol. The summed E-state index contributed by atoms with van der Waals surface area (Å²) in [4.78, 5) is -0.278. The van der Waals surface area contributed by atoms with Gasteiger partial charge in [-0.3, -0.25) is 0 Å². The zero-order valence-corrected chi connectivity index (χ0v) is 36.4. The van der Waals surface area contributed by atoms with Gasteiger partial charge >= 0.3 is 76.2 Å². The van der Waals surface area contributed by atoms with Crippen LogP contribution in [-0.4, -0.2) is 11.4 Å². The van der Waals surface area contributed by atoms with Gasteiger partial charge in [-0.2, -0.15) is 0 Å². The number of aryl methyl sites for hydroxylation is 2. The first-order valence-electron chi connectivity index (χ1n) is 10.2. The molecule has 2 aromatic carbocycles. The van der Waals surface area contributed by atoms with Crippen molar-refractivity contribution in [3.05, 3.63) is 67.3 Å². The predicted molar refractivity (Wildman–Crippen MR) is 195 cm³/mol. The third-order valence-electron chi connectivity index (χ3n) is 6.12. The number of rotatable bonds is 0. The van der Waals surface area contributed by atoms with E-state index in [2.05, 4.69) is 142 Å². The summed E-state index contributed by atoms with van der Waals surface area (Å²) in [7, 11) is 14.8. The van der Waals surface area contributed by atoms with Crippen molar-refractivity contribution in [3.63, 3.8) is 0 Å². The van der Waals surface area contributed by atoms with E-state index in [0.717, 1.165) is 0 Å². The molecule has 0 saturated heterocycles. The summed E-state index contributed by atoms with van der Waals surface area (Å²) < 4.78 is 0. The zero-order chi connectivity index (χ0) is 28.8. The summed E-state index contributed by atoms with van der Waals surface area (Å²) in [5, 5.41) is 0. The Morgan fingerprint density at radius 2 is 0.629 bits per heavy atom. The molecule has 35 heavy (non-hydrogen) atoms. The second-order valence-electron chi connectivity index (χ2n) is 7.77. The Balaban J connectivity index is -0.000000407. The van der Waals surface area contributed by atoms with E-state index in [1.54, 1.807) is 0 Å². The van der Waals surface area contributed by atoms with E-state index in [0.29, 0.717) is 0 Å². The first kappa shape index (κ1) is 43.4. The first-order valence-corrected chi connectivity index (χ1v) is 33.1. The molecule has 0 N–H and O–H groups in total. The molecule has 0 nitrogen and oxygen atoms in total. The van der Waals surface area contributed by atoms with Crippen LogP contribution in [0.4, 0.5) is 0 Å². The van der Waals surface area contributed by atoms with Crippen molar-refractivity contribution in [3.8, 4) is 0 Å². The van der Waals surface area contributed by atoms with Crippen LogP contribution in [-0.2, 0) is 4.92 Å². The molecule has 0 radical (unpaired) electrons. The number of hydrogen-bond donors (Lipinski definition) is 0. The third-order valence-corrected chi connectivity index (χ3v) is 6.12. The second kappa shape index (κ2) is 23.5. The molecule has 0 aliphatic rings. The van der Waals surface area contributed by atoms with Crippen LogP contribution in [0, 0.1) is 76.2 Å².